The van der Waals surface area contributed by atoms with Crippen LogP contribution in [0.25, 0.3) is 22.3 Å². The summed E-state index contributed by atoms with van der Waals surface area (Å²) in [5.74, 6) is 1.53. The topological polar surface area (TPSA) is 64.2 Å². The summed E-state index contributed by atoms with van der Waals surface area (Å²) in [5.41, 5.74) is 3.99. The zero-order valence-corrected chi connectivity index (χ0v) is 18.9. The van der Waals surface area contributed by atoms with Crippen molar-refractivity contribution in [1.29, 1.82) is 0 Å². The molecular formula is C25H28N4O2. The van der Waals surface area contributed by atoms with E-state index in [1.165, 1.54) is 0 Å². The van der Waals surface area contributed by atoms with Crippen LogP contribution in [0.2, 0.25) is 0 Å². The van der Waals surface area contributed by atoms with Gasteiger partial charge in [0, 0.05) is 18.7 Å². The number of carbonyl (C=O) groups excluding carboxylic acids is 1. The van der Waals surface area contributed by atoms with Crippen molar-refractivity contribution in [3.05, 3.63) is 71.3 Å². The molecule has 1 amide bonds. The van der Waals surface area contributed by atoms with Gasteiger partial charge >= 0.3 is 0 Å². The van der Waals surface area contributed by atoms with Gasteiger partial charge in [-0.3, -0.25) is 4.79 Å². The number of nitrogens with zero attached hydrogens (tertiary/aromatic N) is 4. The van der Waals surface area contributed by atoms with Crippen LogP contribution in [-0.4, -0.2) is 32.6 Å². The SMILES string of the molecule is Cc1cc(-c2cc(C(=O)N(C)C(C)c3ccccc3)c3cnn(C(C)C)c3n2)c(C)o1. The number of carbonyl (C=O) groups is 1. The molecule has 6 nitrogen and oxygen atoms in total. The van der Waals surface area contributed by atoms with Crippen molar-refractivity contribution in [2.24, 2.45) is 0 Å². The molecule has 0 fully saturated rings. The molecule has 3 aromatic heterocycles. The summed E-state index contributed by atoms with van der Waals surface area (Å²) in [6, 6.07) is 13.9. The lowest BCUT2D eigenvalue weighted by Crippen LogP contribution is -2.30. The van der Waals surface area contributed by atoms with Gasteiger partial charge < -0.3 is 9.32 Å². The molecule has 3 heterocycles. The van der Waals surface area contributed by atoms with Gasteiger partial charge in [0.15, 0.2) is 5.65 Å². The van der Waals surface area contributed by atoms with Crippen molar-refractivity contribution in [2.75, 3.05) is 7.05 Å². The van der Waals surface area contributed by atoms with Crippen LogP contribution in [0, 0.1) is 13.8 Å². The normalized spacial score (nSPS) is 12.5. The van der Waals surface area contributed by atoms with E-state index in [1.807, 2.05) is 75.0 Å². The summed E-state index contributed by atoms with van der Waals surface area (Å²) >= 11 is 0. The molecule has 0 N–H and O–H groups in total. The number of pyridine rings is 1. The maximum absolute atomic E-state index is 13.7. The monoisotopic (exact) mass is 416 g/mol. The van der Waals surface area contributed by atoms with E-state index in [0.29, 0.717) is 16.9 Å². The molecule has 4 rings (SSSR count). The number of hydrogen-bond acceptors (Lipinski definition) is 4. The molecule has 4 aromatic rings. The summed E-state index contributed by atoms with van der Waals surface area (Å²) in [6.45, 7) is 9.97. The van der Waals surface area contributed by atoms with Gasteiger partial charge in [-0.05, 0) is 52.3 Å². The van der Waals surface area contributed by atoms with Crippen LogP contribution in [-0.2, 0) is 0 Å². The molecule has 0 bridgehead atoms. The van der Waals surface area contributed by atoms with Crippen molar-refractivity contribution in [1.82, 2.24) is 19.7 Å². The molecule has 1 unspecified atom stereocenters. The van der Waals surface area contributed by atoms with E-state index in [-0.39, 0.29) is 18.0 Å². The Morgan fingerprint density at radius 1 is 1.10 bits per heavy atom. The zero-order valence-electron chi connectivity index (χ0n) is 18.9. The molecule has 0 aliphatic rings. The number of rotatable bonds is 5. The highest BCUT2D eigenvalue weighted by molar-refractivity contribution is 6.06. The first-order valence-electron chi connectivity index (χ1n) is 10.6. The van der Waals surface area contributed by atoms with Crippen LogP contribution in [0.15, 0.2) is 53.1 Å². The van der Waals surface area contributed by atoms with Crippen molar-refractivity contribution in [2.45, 2.75) is 46.7 Å². The summed E-state index contributed by atoms with van der Waals surface area (Å²) < 4.78 is 7.59. The third kappa shape index (κ3) is 3.74. The second kappa shape index (κ2) is 8.02. The predicted molar refractivity (Wildman–Crippen MR) is 122 cm³/mol. The molecule has 160 valence electrons. The number of furan rings is 1. The molecular weight excluding hydrogens is 388 g/mol. The summed E-state index contributed by atoms with van der Waals surface area (Å²) in [6.07, 6.45) is 1.74. The van der Waals surface area contributed by atoms with Crippen molar-refractivity contribution >= 4 is 16.9 Å². The molecule has 0 aliphatic carbocycles. The van der Waals surface area contributed by atoms with Crippen LogP contribution in [0.4, 0.5) is 0 Å². The third-order valence-electron chi connectivity index (χ3n) is 5.79. The lowest BCUT2D eigenvalue weighted by atomic mass is 10.0. The Morgan fingerprint density at radius 2 is 1.81 bits per heavy atom. The van der Waals surface area contributed by atoms with E-state index in [2.05, 4.69) is 18.9 Å². The summed E-state index contributed by atoms with van der Waals surface area (Å²) in [4.78, 5) is 20.3. The minimum Gasteiger partial charge on any atom is -0.466 e. The standard InChI is InChI=1S/C25H28N4O2/c1-15(2)29-24-22(14-26-29)21(13-23(27-24)20-12-16(3)31-18(20)5)25(30)28(6)17(4)19-10-8-7-9-11-19/h7-15,17H,1-6H3. The lowest BCUT2D eigenvalue weighted by molar-refractivity contribution is 0.0744. The van der Waals surface area contributed by atoms with Crippen molar-refractivity contribution < 1.29 is 9.21 Å². The molecule has 0 radical (unpaired) electrons. The number of fused-ring (bicyclic) bond motifs is 1. The Morgan fingerprint density at radius 3 is 2.42 bits per heavy atom. The Balaban J connectivity index is 1.86. The fourth-order valence-corrected chi connectivity index (χ4v) is 3.92. The summed E-state index contributed by atoms with van der Waals surface area (Å²) in [7, 11) is 1.84. The minimum atomic E-state index is -0.0709. The second-order valence-corrected chi connectivity index (χ2v) is 8.30. The Hall–Kier alpha value is -3.41. The van der Waals surface area contributed by atoms with Gasteiger partial charge in [0.1, 0.15) is 11.5 Å². The lowest BCUT2D eigenvalue weighted by Gasteiger charge is -2.26. The smallest absolute Gasteiger partial charge is 0.254 e. The maximum Gasteiger partial charge on any atom is 0.254 e. The predicted octanol–water partition coefficient (Wildman–Crippen LogP) is 5.72. The molecule has 6 heteroatoms. The average Bonchev–Trinajstić information content (AvgIpc) is 3.34. The van der Waals surface area contributed by atoms with Crippen LogP contribution < -0.4 is 0 Å². The van der Waals surface area contributed by atoms with Gasteiger partial charge in [-0.2, -0.15) is 5.10 Å². The van der Waals surface area contributed by atoms with Crippen molar-refractivity contribution in [3.8, 4) is 11.3 Å². The molecule has 0 spiro atoms. The fourth-order valence-electron chi connectivity index (χ4n) is 3.92. The number of benzene rings is 1. The van der Waals surface area contributed by atoms with E-state index in [9.17, 15) is 4.79 Å². The van der Waals surface area contributed by atoms with Crippen LogP contribution in [0.3, 0.4) is 0 Å². The Kier molecular flexibility index (Phi) is 5.39. The van der Waals surface area contributed by atoms with Crippen molar-refractivity contribution in [3.63, 3.8) is 0 Å². The van der Waals surface area contributed by atoms with Gasteiger partial charge in [-0.15, -0.1) is 0 Å². The van der Waals surface area contributed by atoms with Crippen LogP contribution in [0.5, 0.6) is 0 Å². The van der Waals surface area contributed by atoms with Gasteiger partial charge in [0.25, 0.3) is 5.91 Å². The Labute approximate surface area is 182 Å². The van der Waals surface area contributed by atoms with Gasteiger partial charge in [-0.1, -0.05) is 30.3 Å². The summed E-state index contributed by atoms with van der Waals surface area (Å²) in [5, 5.41) is 5.28. The van der Waals surface area contributed by atoms with Crippen LogP contribution >= 0.6 is 0 Å². The second-order valence-electron chi connectivity index (χ2n) is 8.30. The number of aryl methyl sites for hydroxylation is 2. The van der Waals surface area contributed by atoms with Gasteiger partial charge in [0.05, 0.1) is 28.9 Å². The largest absolute Gasteiger partial charge is 0.466 e. The first-order chi connectivity index (χ1) is 14.8. The molecule has 31 heavy (non-hydrogen) atoms. The quantitative estimate of drug-likeness (QED) is 0.417. The minimum absolute atomic E-state index is 0.0637. The zero-order chi connectivity index (χ0) is 22.3. The van der Waals surface area contributed by atoms with E-state index in [1.54, 1.807) is 11.1 Å². The van der Waals surface area contributed by atoms with Gasteiger partial charge in [0.2, 0.25) is 0 Å². The highest BCUT2D eigenvalue weighted by atomic mass is 16.3. The highest BCUT2D eigenvalue weighted by Gasteiger charge is 2.25. The first kappa shape index (κ1) is 20.8. The molecule has 1 atom stereocenters. The molecule has 1 aromatic carbocycles. The average molecular weight is 417 g/mol. The molecule has 0 aliphatic heterocycles. The molecule has 0 saturated carbocycles. The van der Waals surface area contributed by atoms with E-state index < -0.39 is 0 Å². The highest BCUT2D eigenvalue weighted by Crippen LogP contribution is 2.31. The number of aromatic nitrogens is 3. The maximum atomic E-state index is 13.7. The Bertz CT molecular complexity index is 1240. The van der Waals surface area contributed by atoms with E-state index in [0.717, 1.165) is 28.0 Å². The van der Waals surface area contributed by atoms with Crippen LogP contribution in [0.1, 0.15) is 60.3 Å². The first-order valence-corrected chi connectivity index (χ1v) is 10.6. The molecule has 0 saturated heterocycles. The third-order valence-corrected chi connectivity index (χ3v) is 5.79. The number of hydrogen-bond donors (Lipinski definition) is 0. The number of amides is 1. The van der Waals surface area contributed by atoms with E-state index >= 15 is 0 Å². The van der Waals surface area contributed by atoms with Gasteiger partial charge in [-0.25, -0.2) is 9.67 Å². The fraction of sp³-hybridized carbons (Fsp3) is 0.320. The van der Waals surface area contributed by atoms with E-state index in [4.69, 9.17) is 9.40 Å².